The number of hydrogen-bond acceptors (Lipinski definition) is 5. The highest BCUT2D eigenvalue weighted by Gasteiger charge is 2.28. The van der Waals surface area contributed by atoms with E-state index in [1.807, 2.05) is 12.1 Å². The molecule has 1 heterocycles. The van der Waals surface area contributed by atoms with E-state index < -0.39 is 16.1 Å². The van der Waals surface area contributed by atoms with Crippen molar-refractivity contribution in [1.82, 2.24) is 14.3 Å². The van der Waals surface area contributed by atoms with Crippen molar-refractivity contribution in [3.05, 3.63) is 77.9 Å². The van der Waals surface area contributed by atoms with Crippen molar-refractivity contribution in [3.63, 3.8) is 0 Å². The van der Waals surface area contributed by atoms with E-state index in [-0.39, 0.29) is 10.5 Å². The summed E-state index contributed by atoms with van der Waals surface area (Å²) in [5, 5.41) is 9.05. The summed E-state index contributed by atoms with van der Waals surface area (Å²) in [6, 6.07) is 14.2. The molecule has 1 N–H and O–H groups in total. The molecular formula is C19H18N4O3S. The van der Waals surface area contributed by atoms with Crippen molar-refractivity contribution in [3.8, 4) is 11.8 Å². The second kappa shape index (κ2) is 7.61. The molecule has 0 saturated carbocycles. The van der Waals surface area contributed by atoms with Gasteiger partial charge in [-0.05, 0) is 24.3 Å². The van der Waals surface area contributed by atoms with E-state index in [2.05, 4.69) is 9.71 Å². The van der Waals surface area contributed by atoms with Gasteiger partial charge in [0, 0.05) is 25.0 Å². The molecule has 0 bridgehead atoms. The number of para-hydroxylation sites is 1. The van der Waals surface area contributed by atoms with Crippen molar-refractivity contribution < 1.29 is 13.2 Å². The van der Waals surface area contributed by atoms with Gasteiger partial charge in [-0.3, -0.25) is 0 Å². The van der Waals surface area contributed by atoms with Gasteiger partial charge in [0.05, 0.1) is 23.6 Å². The quantitative estimate of drug-likeness (QED) is 0.706. The summed E-state index contributed by atoms with van der Waals surface area (Å²) in [6.45, 7) is 0. The lowest BCUT2D eigenvalue weighted by molar-refractivity contribution is 0.405. The van der Waals surface area contributed by atoms with E-state index in [1.54, 1.807) is 48.3 Å². The molecule has 0 spiro atoms. The van der Waals surface area contributed by atoms with Gasteiger partial charge < -0.3 is 9.30 Å². The smallest absolute Gasteiger partial charge is 0.241 e. The first-order valence-corrected chi connectivity index (χ1v) is 9.57. The van der Waals surface area contributed by atoms with Gasteiger partial charge in [0.25, 0.3) is 0 Å². The number of methoxy groups -OCH3 is 1. The minimum atomic E-state index is -3.92. The van der Waals surface area contributed by atoms with Crippen LogP contribution in [-0.2, 0) is 17.1 Å². The summed E-state index contributed by atoms with van der Waals surface area (Å²) < 4.78 is 35.8. The fourth-order valence-electron chi connectivity index (χ4n) is 2.77. The van der Waals surface area contributed by atoms with Crippen molar-refractivity contribution >= 4 is 10.0 Å². The van der Waals surface area contributed by atoms with Crippen LogP contribution in [-0.4, -0.2) is 25.1 Å². The summed E-state index contributed by atoms with van der Waals surface area (Å²) in [7, 11) is -0.604. The van der Waals surface area contributed by atoms with Crippen LogP contribution in [0.2, 0.25) is 0 Å². The molecule has 0 radical (unpaired) electrons. The predicted molar refractivity (Wildman–Crippen MR) is 99.5 cm³/mol. The normalized spacial score (nSPS) is 12.3. The van der Waals surface area contributed by atoms with Gasteiger partial charge in [-0.1, -0.05) is 24.3 Å². The van der Waals surface area contributed by atoms with E-state index in [4.69, 9.17) is 10.00 Å². The highest BCUT2D eigenvalue weighted by atomic mass is 32.2. The van der Waals surface area contributed by atoms with Crippen molar-refractivity contribution in [2.24, 2.45) is 7.05 Å². The summed E-state index contributed by atoms with van der Waals surface area (Å²) in [4.78, 5) is 4.32. The second-order valence-corrected chi connectivity index (χ2v) is 7.55. The highest BCUT2D eigenvalue weighted by molar-refractivity contribution is 7.89. The molecule has 138 valence electrons. The molecule has 8 heteroatoms. The molecule has 3 aromatic rings. The van der Waals surface area contributed by atoms with Crippen LogP contribution in [0.25, 0.3) is 0 Å². The monoisotopic (exact) mass is 382 g/mol. The van der Waals surface area contributed by atoms with Crippen molar-refractivity contribution in [1.29, 1.82) is 5.26 Å². The van der Waals surface area contributed by atoms with Gasteiger partial charge in [-0.2, -0.15) is 9.98 Å². The Balaban J connectivity index is 2.09. The zero-order valence-corrected chi connectivity index (χ0v) is 15.6. The number of nitriles is 1. The van der Waals surface area contributed by atoms with Gasteiger partial charge >= 0.3 is 0 Å². The third-order valence-corrected chi connectivity index (χ3v) is 5.53. The number of aryl methyl sites for hydroxylation is 1. The van der Waals surface area contributed by atoms with Crippen molar-refractivity contribution in [2.75, 3.05) is 7.11 Å². The lowest BCUT2D eigenvalue weighted by Gasteiger charge is -2.21. The van der Waals surface area contributed by atoms with Gasteiger partial charge in [-0.15, -0.1) is 0 Å². The maximum absolute atomic E-state index is 13.0. The maximum Gasteiger partial charge on any atom is 0.241 e. The molecule has 0 fully saturated rings. The topological polar surface area (TPSA) is 97.0 Å². The Hall–Kier alpha value is -3.15. The largest absolute Gasteiger partial charge is 0.496 e. The number of aromatic nitrogens is 2. The molecule has 0 aliphatic heterocycles. The Morgan fingerprint density at radius 3 is 2.67 bits per heavy atom. The number of imidazole rings is 1. The first-order chi connectivity index (χ1) is 13.0. The molecule has 0 aliphatic rings. The molecule has 2 aromatic carbocycles. The van der Waals surface area contributed by atoms with Crippen LogP contribution in [0.15, 0.2) is 65.8 Å². The fourth-order valence-corrected chi connectivity index (χ4v) is 3.99. The summed E-state index contributed by atoms with van der Waals surface area (Å²) in [5.41, 5.74) is 0.901. The number of benzene rings is 2. The molecule has 3 rings (SSSR count). The van der Waals surface area contributed by atoms with E-state index in [0.717, 1.165) is 0 Å². The minimum absolute atomic E-state index is 0.00987. The van der Waals surface area contributed by atoms with Gasteiger partial charge in [0.1, 0.15) is 17.6 Å². The third-order valence-electron chi connectivity index (χ3n) is 4.11. The Morgan fingerprint density at radius 2 is 2.00 bits per heavy atom. The fraction of sp³-hybridized carbons (Fsp3) is 0.158. The summed E-state index contributed by atoms with van der Waals surface area (Å²) in [5.74, 6) is 1.05. The second-order valence-electron chi connectivity index (χ2n) is 5.83. The number of sulfonamides is 1. The van der Waals surface area contributed by atoms with E-state index in [0.29, 0.717) is 17.1 Å². The Labute approximate surface area is 157 Å². The molecule has 27 heavy (non-hydrogen) atoms. The van der Waals surface area contributed by atoms with Gasteiger partial charge in [-0.25, -0.2) is 13.4 Å². The zero-order chi connectivity index (χ0) is 19.4. The molecule has 1 atom stereocenters. The minimum Gasteiger partial charge on any atom is -0.496 e. The standard InChI is InChI=1S/C19H18N4O3S/c1-23-11-10-21-19(23)18(16-8-3-4-9-17(16)26-2)22-27(24,25)15-7-5-6-14(12-15)13-20/h3-12,18,22H,1-2H3. The SMILES string of the molecule is COc1ccccc1C(NS(=O)(=O)c1cccc(C#N)c1)c1nccn1C. The van der Waals surface area contributed by atoms with Crippen LogP contribution in [0.5, 0.6) is 5.75 Å². The van der Waals surface area contributed by atoms with Crippen LogP contribution in [0, 0.1) is 11.3 Å². The summed E-state index contributed by atoms with van der Waals surface area (Å²) >= 11 is 0. The Morgan fingerprint density at radius 1 is 1.22 bits per heavy atom. The van der Waals surface area contributed by atoms with Crippen LogP contribution in [0.4, 0.5) is 0 Å². The Bertz CT molecular complexity index is 1100. The highest BCUT2D eigenvalue weighted by Crippen LogP contribution is 2.30. The summed E-state index contributed by atoms with van der Waals surface area (Å²) in [6.07, 6.45) is 3.34. The van der Waals surface area contributed by atoms with Crippen LogP contribution >= 0.6 is 0 Å². The van der Waals surface area contributed by atoms with Crippen LogP contribution < -0.4 is 9.46 Å². The number of nitrogens with one attached hydrogen (secondary N) is 1. The van der Waals surface area contributed by atoms with Gasteiger partial charge in [0.2, 0.25) is 10.0 Å². The molecular weight excluding hydrogens is 364 g/mol. The zero-order valence-electron chi connectivity index (χ0n) is 14.8. The third kappa shape index (κ3) is 3.84. The number of nitrogens with zero attached hydrogens (tertiary/aromatic N) is 3. The molecule has 1 aromatic heterocycles. The van der Waals surface area contributed by atoms with Gasteiger partial charge in [0.15, 0.2) is 0 Å². The van der Waals surface area contributed by atoms with E-state index in [1.165, 1.54) is 25.3 Å². The van der Waals surface area contributed by atoms with E-state index in [9.17, 15) is 8.42 Å². The molecule has 0 aliphatic carbocycles. The molecule has 0 saturated heterocycles. The number of hydrogen-bond donors (Lipinski definition) is 1. The first kappa shape index (κ1) is 18.6. The maximum atomic E-state index is 13.0. The Kier molecular flexibility index (Phi) is 5.26. The average molecular weight is 382 g/mol. The molecule has 0 amide bonds. The van der Waals surface area contributed by atoms with Crippen LogP contribution in [0.3, 0.4) is 0 Å². The molecule has 1 unspecified atom stereocenters. The van der Waals surface area contributed by atoms with Crippen LogP contribution in [0.1, 0.15) is 23.0 Å². The first-order valence-electron chi connectivity index (χ1n) is 8.09. The predicted octanol–water partition coefficient (Wildman–Crippen LogP) is 2.37. The van der Waals surface area contributed by atoms with E-state index >= 15 is 0 Å². The number of rotatable bonds is 6. The van der Waals surface area contributed by atoms with Crippen molar-refractivity contribution in [2.45, 2.75) is 10.9 Å². The molecule has 7 nitrogen and oxygen atoms in total. The lowest BCUT2D eigenvalue weighted by atomic mass is 10.1. The number of ether oxygens (including phenoxy) is 1. The lowest BCUT2D eigenvalue weighted by Crippen LogP contribution is -2.31. The average Bonchev–Trinajstić information content (AvgIpc) is 3.12.